The van der Waals surface area contributed by atoms with Crippen LogP contribution in [0, 0.1) is 6.92 Å². The average molecular weight is 255 g/mol. The monoisotopic (exact) mass is 255 g/mol. The van der Waals surface area contributed by atoms with Gasteiger partial charge in [0, 0.05) is 15.8 Å². The molecule has 18 heavy (non-hydrogen) atoms. The van der Waals surface area contributed by atoms with Gasteiger partial charge < -0.3 is 4.98 Å². The number of nitrogens with one attached hydrogen (secondary N) is 1. The largest absolute Gasteiger partial charge is 0.347 e. The molecule has 3 heteroatoms. The first kappa shape index (κ1) is 11.2. The summed E-state index contributed by atoms with van der Waals surface area (Å²) in [7, 11) is -1.14. The lowest BCUT2D eigenvalue weighted by Crippen LogP contribution is -1.92. The van der Waals surface area contributed by atoms with Crippen LogP contribution in [-0.2, 0) is 10.8 Å². The van der Waals surface area contributed by atoms with Crippen LogP contribution < -0.4 is 0 Å². The third-order valence-corrected chi connectivity index (χ3v) is 4.26. The molecule has 0 aliphatic heterocycles. The summed E-state index contributed by atoms with van der Waals surface area (Å²) >= 11 is 0. The van der Waals surface area contributed by atoms with Crippen molar-refractivity contribution in [2.75, 3.05) is 0 Å². The first-order valence-corrected chi connectivity index (χ1v) is 6.95. The second-order valence-electron chi connectivity index (χ2n) is 4.30. The molecule has 0 amide bonds. The van der Waals surface area contributed by atoms with Gasteiger partial charge in [-0.05, 0) is 31.2 Å². The van der Waals surface area contributed by atoms with E-state index in [1.807, 2.05) is 61.5 Å². The first-order chi connectivity index (χ1) is 8.74. The number of hydrogen-bond donors (Lipinski definition) is 1. The summed E-state index contributed by atoms with van der Waals surface area (Å²) in [5.41, 5.74) is 2.19. The van der Waals surface area contributed by atoms with E-state index in [-0.39, 0.29) is 0 Å². The minimum atomic E-state index is -1.14. The summed E-state index contributed by atoms with van der Waals surface area (Å²) in [6, 6.07) is 17.7. The number of rotatable bonds is 2. The predicted octanol–water partition coefficient (Wildman–Crippen LogP) is 3.64. The van der Waals surface area contributed by atoms with Crippen molar-refractivity contribution in [1.29, 1.82) is 0 Å². The van der Waals surface area contributed by atoms with E-state index in [0.29, 0.717) is 0 Å². The highest BCUT2D eigenvalue weighted by molar-refractivity contribution is 7.85. The molecule has 0 spiro atoms. The van der Waals surface area contributed by atoms with Crippen LogP contribution in [0.4, 0.5) is 0 Å². The van der Waals surface area contributed by atoms with E-state index in [9.17, 15) is 4.21 Å². The highest BCUT2D eigenvalue weighted by Crippen LogP contribution is 2.21. The molecule has 90 valence electrons. The number of hydrogen-bond acceptors (Lipinski definition) is 1. The molecule has 1 aromatic heterocycles. The van der Waals surface area contributed by atoms with E-state index in [2.05, 4.69) is 4.98 Å². The normalized spacial score (nSPS) is 12.7. The van der Waals surface area contributed by atoms with Crippen molar-refractivity contribution in [2.45, 2.75) is 16.8 Å². The van der Waals surface area contributed by atoms with Crippen LogP contribution in [0.3, 0.4) is 0 Å². The lowest BCUT2D eigenvalue weighted by Gasteiger charge is -1.99. The average Bonchev–Trinajstić information content (AvgIpc) is 2.82. The molecule has 0 aliphatic carbocycles. The molecule has 3 aromatic rings. The Balaban J connectivity index is 2.03. The number of H-pyrrole nitrogens is 1. The lowest BCUT2D eigenvalue weighted by molar-refractivity contribution is 0.681. The van der Waals surface area contributed by atoms with Gasteiger partial charge in [-0.2, -0.15) is 0 Å². The van der Waals surface area contributed by atoms with Crippen LogP contribution in [0.5, 0.6) is 0 Å². The van der Waals surface area contributed by atoms with E-state index in [4.69, 9.17) is 0 Å². The van der Waals surface area contributed by atoms with Gasteiger partial charge in [0.15, 0.2) is 0 Å². The molecule has 0 saturated carbocycles. The fourth-order valence-corrected chi connectivity index (χ4v) is 3.01. The third-order valence-electron chi connectivity index (χ3n) is 2.94. The van der Waals surface area contributed by atoms with Crippen molar-refractivity contribution >= 4 is 21.7 Å². The molecule has 2 aromatic carbocycles. The quantitative estimate of drug-likeness (QED) is 0.745. The number of benzene rings is 2. The lowest BCUT2D eigenvalue weighted by atomic mass is 10.2. The highest BCUT2D eigenvalue weighted by Gasteiger charge is 2.09. The number of aromatic nitrogens is 1. The van der Waals surface area contributed by atoms with Crippen molar-refractivity contribution in [2.24, 2.45) is 0 Å². The smallest absolute Gasteiger partial charge is 0.110 e. The standard InChI is InChI=1S/C15H13NOS/c1-11-6-8-13(9-7-11)18(17)15-10-12-4-2-3-5-14(12)16-15/h2-10,16H,1H3. The van der Waals surface area contributed by atoms with Crippen molar-refractivity contribution < 1.29 is 4.21 Å². The van der Waals surface area contributed by atoms with Crippen LogP contribution in [0.1, 0.15) is 5.56 Å². The minimum Gasteiger partial charge on any atom is -0.347 e. The Labute approximate surface area is 108 Å². The summed E-state index contributed by atoms with van der Waals surface area (Å²) < 4.78 is 12.4. The topological polar surface area (TPSA) is 32.9 Å². The number of para-hydroxylation sites is 1. The predicted molar refractivity (Wildman–Crippen MR) is 74.2 cm³/mol. The Hall–Kier alpha value is -1.87. The zero-order chi connectivity index (χ0) is 12.5. The molecular weight excluding hydrogens is 242 g/mol. The van der Waals surface area contributed by atoms with Crippen LogP contribution in [0.25, 0.3) is 10.9 Å². The first-order valence-electron chi connectivity index (χ1n) is 5.80. The van der Waals surface area contributed by atoms with Gasteiger partial charge in [-0.25, -0.2) is 4.21 Å². The molecule has 0 radical (unpaired) electrons. The van der Waals surface area contributed by atoms with E-state index in [0.717, 1.165) is 20.8 Å². The van der Waals surface area contributed by atoms with Gasteiger partial charge in [0.1, 0.15) is 15.8 Å². The Morgan fingerprint density at radius 1 is 1.00 bits per heavy atom. The number of fused-ring (bicyclic) bond motifs is 1. The third kappa shape index (κ3) is 1.97. The molecule has 0 saturated heterocycles. The fraction of sp³-hybridized carbons (Fsp3) is 0.0667. The van der Waals surface area contributed by atoms with Gasteiger partial charge in [-0.3, -0.25) is 0 Å². The van der Waals surface area contributed by atoms with Gasteiger partial charge in [-0.1, -0.05) is 35.9 Å². The van der Waals surface area contributed by atoms with Crippen LogP contribution in [0.15, 0.2) is 64.5 Å². The van der Waals surface area contributed by atoms with Gasteiger partial charge in [0.2, 0.25) is 0 Å². The van der Waals surface area contributed by atoms with E-state index in [1.165, 1.54) is 5.56 Å². The second kappa shape index (κ2) is 4.42. The van der Waals surface area contributed by atoms with Gasteiger partial charge >= 0.3 is 0 Å². The summed E-state index contributed by atoms with van der Waals surface area (Å²) in [5.74, 6) is 0. The van der Waals surface area contributed by atoms with E-state index < -0.39 is 10.8 Å². The number of aromatic amines is 1. The molecular formula is C15H13NOS. The van der Waals surface area contributed by atoms with Crippen molar-refractivity contribution in [3.05, 3.63) is 60.2 Å². The fourth-order valence-electron chi connectivity index (χ4n) is 1.94. The summed E-state index contributed by atoms with van der Waals surface area (Å²) in [4.78, 5) is 4.03. The molecule has 1 atom stereocenters. The Kier molecular flexibility index (Phi) is 2.76. The van der Waals surface area contributed by atoms with Gasteiger partial charge in [0.25, 0.3) is 0 Å². The summed E-state index contributed by atoms with van der Waals surface area (Å²) in [6.45, 7) is 2.02. The molecule has 0 aliphatic rings. The second-order valence-corrected chi connectivity index (χ2v) is 5.75. The van der Waals surface area contributed by atoms with Gasteiger partial charge in [0.05, 0.1) is 0 Å². The van der Waals surface area contributed by atoms with Crippen LogP contribution in [0.2, 0.25) is 0 Å². The zero-order valence-corrected chi connectivity index (χ0v) is 10.8. The molecule has 0 bridgehead atoms. The van der Waals surface area contributed by atoms with Crippen molar-refractivity contribution in [3.8, 4) is 0 Å². The Bertz CT molecular complexity index is 680. The van der Waals surface area contributed by atoms with E-state index >= 15 is 0 Å². The van der Waals surface area contributed by atoms with Crippen LogP contribution >= 0.6 is 0 Å². The SMILES string of the molecule is Cc1ccc(S(=O)c2cc3ccccc3[nH]2)cc1. The summed E-state index contributed by atoms with van der Waals surface area (Å²) in [6.07, 6.45) is 0. The molecule has 2 nitrogen and oxygen atoms in total. The summed E-state index contributed by atoms with van der Waals surface area (Å²) in [5, 5.41) is 1.84. The maximum Gasteiger partial charge on any atom is 0.110 e. The van der Waals surface area contributed by atoms with Crippen molar-refractivity contribution in [3.63, 3.8) is 0 Å². The number of aryl methyl sites for hydroxylation is 1. The molecule has 1 heterocycles. The van der Waals surface area contributed by atoms with Crippen LogP contribution in [-0.4, -0.2) is 9.19 Å². The molecule has 3 rings (SSSR count). The maximum absolute atomic E-state index is 12.4. The van der Waals surface area contributed by atoms with Crippen molar-refractivity contribution in [1.82, 2.24) is 4.98 Å². The minimum absolute atomic E-state index is 0.750. The highest BCUT2D eigenvalue weighted by atomic mass is 32.2. The Morgan fingerprint density at radius 2 is 1.72 bits per heavy atom. The zero-order valence-electron chi connectivity index (χ0n) is 10.0. The maximum atomic E-state index is 12.4. The molecule has 1 unspecified atom stereocenters. The molecule has 1 N–H and O–H groups in total. The van der Waals surface area contributed by atoms with Gasteiger partial charge in [-0.15, -0.1) is 0 Å². The molecule has 0 fully saturated rings. The Morgan fingerprint density at radius 3 is 2.44 bits per heavy atom. The van der Waals surface area contributed by atoms with E-state index in [1.54, 1.807) is 0 Å².